The molecule has 2 aromatic rings. The Morgan fingerprint density at radius 2 is 1.03 bits per heavy atom. The zero-order chi connectivity index (χ0) is 22.7. The lowest BCUT2D eigenvalue weighted by molar-refractivity contribution is -0.671. The van der Waals surface area contributed by atoms with Crippen LogP contribution in [0.1, 0.15) is 108 Å². The molecular formula is C30H46INO. The van der Waals surface area contributed by atoms with Crippen LogP contribution < -0.4 is 33.3 Å². The molecular weight excluding hydrogens is 517 g/mol. The Kier molecular flexibility index (Phi) is 18.0. The number of hydrogen-bond acceptors (Lipinski definition) is 1. The molecule has 0 fully saturated rings. The first-order valence-electron chi connectivity index (χ1n) is 13.1. The summed E-state index contributed by atoms with van der Waals surface area (Å²) in [5, 5.41) is 0. The third-order valence-electron chi connectivity index (χ3n) is 6.12. The van der Waals surface area contributed by atoms with Crippen molar-refractivity contribution in [2.75, 3.05) is 6.61 Å². The Hall–Kier alpha value is -1.36. The van der Waals surface area contributed by atoms with Crippen molar-refractivity contribution < 1.29 is 33.3 Å². The normalized spacial score (nSPS) is 11.0. The summed E-state index contributed by atoms with van der Waals surface area (Å²) < 4.78 is 7.96. The van der Waals surface area contributed by atoms with E-state index in [1.165, 1.54) is 94.6 Å². The Bertz CT molecular complexity index is 724. The van der Waals surface area contributed by atoms with E-state index in [0.717, 1.165) is 18.8 Å². The number of aryl methyl sites for hydroxylation is 1. The quantitative estimate of drug-likeness (QED) is 0.132. The van der Waals surface area contributed by atoms with Crippen LogP contribution in [0.3, 0.4) is 0 Å². The van der Waals surface area contributed by atoms with Gasteiger partial charge in [-0.3, -0.25) is 0 Å². The van der Waals surface area contributed by atoms with Gasteiger partial charge in [0.1, 0.15) is 12.8 Å². The predicted octanol–water partition coefficient (Wildman–Crippen LogP) is 5.55. The van der Waals surface area contributed by atoms with Crippen molar-refractivity contribution in [1.82, 2.24) is 0 Å². The fraction of sp³-hybridized carbons (Fsp3) is 0.567. The lowest BCUT2D eigenvalue weighted by Gasteiger charge is -2.07. The van der Waals surface area contributed by atoms with Crippen molar-refractivity contribution >= 4 is 12.2 Å². The van der Waals surface area contributed by atoms with Crippen molar-refractivity contribution in [2.24, 2.45) is 7.05 Å². The highest BCUT2D eigenvalue weighted by atomic mass is 127. The number of ether oxygens (including phenoxy) is 1. The summed E-state index contributed by atoms with van der Waals surface area (Å²) in [7, 11) is 2.03. The van der Waals surface area contributed by atoms with E-state index in [0.29, 0.717) is 0 Å². The van der Waals surface area contributed by atoms with Crippen LogP contribution in [0.5, 0.6) is 5.75 Å². The average molecular weight is 564 g/mol. The van der Waals surface area contributed by atoms with Crippen LogP contribution >= 0.6 is 0 Å². The number of aromatic nitrogens is 1. The minimum atomic E-state index is 0. The maximum atomic E-state index is 5.92. The topological polar surface area (TPSA) is 13.1 Å². The van der Waals surface area contributed by atoms with Crippen molar-refractivity contribution in [3.63, 3.8) is 0 Å². The molecule has 2 nitrogen and oxygen atoms in total. The number of benzene rings is 1. The maximum absolute atomic E-state index is 5.92. The first-order valence-corrected chi connectivity index (χ1v) is 13.1. The molecule has 0 aliphatic carbocycles. The molecule has 33 heavy (non-hydrogen) atoms. The largest absolute Gasteiger partial charge is 1.00 e. The fourth-order valence-corrected chi connectivity index (χ4v) is 3.98. The molecule has 0 saturated carbocycles. The third kappa shape index (κ3) is 15.2. The van der Waals surface area contributed by atoms with Crippen LogP contribution in [0.25, 0.3) is 12.2 Å². The molecule has 0 bridgehead atoms. The second kappa shape index (κ2) is 20.1. The third-order valence-corrected chi connectivity index (χ3v) is 6.12. The molecule has 0 radical (unpaired) electrons. The van der Waals surface area contributed by atoms with Crippen LogP contribution in [0.15, 0.2) is 48.8 Å². The molecule has 1 aromatic heterocycles. The van der Waals surface area contributed by atoms with Crippen molar-refractivity contribution in [3.8, 4) is 5.75 Å². The summed E-state index contributed by atoms with van der Waals surface area (Å²) in [5.74, 6) is 0.976. The van der Waals surface area contributed by atoms with Crippen LogP contribution in [0, 0.1) is 0 Å². The SMILES string of the molecule is CCCCCCCCCCCCCCCCOc1ccc(/C=C/c2cc[n+](C)cc2)cc1.[I-]. The lowest BCUT2D eigenvalue weighted by atomic mass is 10.0. The van der Waals surface area contributed by atoms with E-state index in [4.69, 9.17) is 4.74 Å². The van der Waals surface area contributed by atoms with Crippen molar-refractivity contribution in [2.45, 2.75) is 96.8 Å². The molecule has 0 N–H and O–H groups in total. The van der Waals surface area contributed by atoms with E-state index in [1.807, 2.05) is 11.6 Å². The van der Waals surface area contributed by atoms with Gasteiger partial charge in [-0.15, -0.1) is 0 Å². The summed E-state index contributed by atoms with van der Waals surface area (Å²) in [6, 6.07) is 12.6. The zero-order valence-corrected chi connectivity index (χ0v) is 23.3. The summed E-state index contributed by atoms with van der Waals surface area (Å²) in [6.07, 6.45) is 27.9. The molecule has 0 saturated heterocycles. The fourth-order valence-electron chi connectivity index (χ4n) is 3.98. The van der Waals surface area contributed by atoms with Gasteiger partial charge in [0.2, 0.25) is 0 Å². The summed E-state index contributed by atoms with van der Waals surface area (Å²) in [4.78, 5) is 0. The van der Waals surface area contributed by atoms with Crippen molar-refractivity contribution in [3.05, 3.63) is 59.9 Å². The number of pyridine rings is 1. The van der Waals surface area contributed by atoms with Gasteiger partial charge < -0.3 is 28.7 Å². The lowest BCUT2D eigenvalue weighted by Crippen LogP contribution is -3.00. The minimum absolute atomic E-state index is 0. The highest BCUT2D eigenvalue weighted by Gasteiger charge is 1.97. The van der Waals surface area contributed by atoms with Gasteiger partial charge in [-0.2, -0.15) is 0 Å². The van der Waals surface area contributed by atoms with Crippen LogP contribution in [0.2, 0.25) is 0 Å². The molecule has 0 amide bonds. The van der Waals surface area contributed by atoms with Crippen LogP contribution in [-0.2, 0) is 7.05 Å². The Morgan fingerprint density at radius 1 is 0.606 bits per heavy atom. The van der Waals surface area contributed by atoms with Crippen LogP contribution in [-0.4, -0.2) is 6.61 Å². The highest BCUT2D eigenvalue weighted by Crippen LogP contribution is 2.16. The summed E-state index contributed by atoms with van der Waals surface area (Å²) >= 11 is 0. The summed E-state index contributed by atoms with van der Waals surface area (Å²) in [6.45, 7) is 3.12. The van der Waals surface area contributed by atoms with Gasteiger partial charge in [0, 0.05) is 12.1 Å². The first kappa shape index (κ1) is 29.7. The van der Waals surface area contributed by atoms with Crippen LogP contribution in [0.4, 0.5) is 0 Å². The van der Waals surface area contributed by atoms with E-state index in [-0.39, 0.29) is 24.0 Å². The smallest absolute Gasteiger partial charge is 0.169 e. The van der Waals surface area contributed by atoms with Gasteiger partial charge in [0.15, 0.2) is 12.4 Å². The van der Waals surface area contributed by atoms with Gasteiger partial charge in [0.25, 0.3) is 0 Å². The Labute approximate surface area is 220 Å². The number of hydrogen-bond donors (Lipinski definition) is 0. The van der Waals surface area contributed by atoms with Gasteiger partial charge in [0.05, 0.1) is 6.61 Å². The number of halogens is 1. The van der Waals surface area contributed by atoms with E-state index in [9.17, 15) is 0 Å². The van der Waals surface area contributed by atoms with Gasteiger partial charge in [-0.25, -0.2) is 4.57 Å². The molecule has 1 heterocycles. The molecule has 0 aliphatic heterocycles. The molecule has 0 spiro atoms. The standard InChI is InChI=1S/C30H46NO.HI/c1-3-4-5-6-7-8-9-10-11-12-13-14-15-16-27-32-30-21-19-28(20-22-30)17-18-29-23-25-31(2)26-24-29;/h17-26H,3-16,27H2,1-2H3;1H/q+1;/p-1/b18-17+;. The first-order chi connectivity index (χ1) is 15.8. The Balaban J connectivity index is 0.00000544. The Morgan fingerprint density at radius 3 is 1.52 bits per heavy atom. The van der Waals surface area contributed by atoms with E-state index in [1.54, 1.807) is 0 Å². The molecule has 0 atom stereocenters. The molecule has 1 aromatic carbocycles. The van der Waals surface area contributed by atoms with Gasteiger partial charge >= 0.3 is 0 Å². The van der Waals surface area contributed by atoms with E-state index < -0.39 is 0 Å². The molecule has 3 heteroatoms. The predicted molar refractivity (Wildman–Crippen MR) is 139 cm³/mol. The zero-order valence-electron chi connectivity index (χ0n) is 21.1. The number of nitrogens with zero attached hydrogens (tertiary/aromatic N) is 1. The van der Waals surface area contributed by atoms with E-state index in [2.05, 4.69) is 67.9 Å². The maximum Gasteiger partial charge on any atom is 0.169 e. The average Bonchev–Trinajstić information content (AvgIpc) is 2.82. The molecule has 0 unspecified atom stereocenters. The summed E-state index contributed by atoms with van der Waals surface area (Å²) in [5.41, 5.74) is 2.41. The van der Waals surface area contributed by atoms with Gasteiger partial charge in [-0.05, 0) is 29.7 Å². The second-order valence-electron chi connectivity index (χ2n) is 9.14. The minimum Gasteiger partial charge on any atom is -1.00 e. The second-order valence-corrected chi connectivity index (χ2v) is 9.14. The molecule has 2 rings (SSSR count). The highest BCUT2D eigenvalue weighted by molar-refractivity contribution is 5.69. The number of rotatable bonds is 18. The molecule has 184 valence electrons. The van der Waals surface area contributed by atoms with E-state index >= 15 is 0 Å². The monoisotopic (exact) mass is 563 g/mol. The van der Waals surface area contributed by atoms with Gasteiger partial charge in [-0.1, -0.05) is 115 Å². The number of unbranched alkanes of at least 4 members (excludes halogenated alkanes) is 13. The van der Waals surface area contributed by atoms with Crippen molar-refractivity contribution in [1.29, 1.82) is 0 Å². The molecule has 0 aliphatic rings.